The Labute approximate surface area is 146 Å². The van der Waals surface area contributed by atoms with Crippen LogP contribution in [-0.2, 0) is 31.3 Å². The number of hydrogen-bond acceptors (Lipinski definition) is 5. The molecule has 0 aromatic heterocycles. The Morgan fingerprint density at radius 1 is 1.20 bits per heavy atom. The Balaban J connectivity index is 1.66. The summed E-state index contributed by atoms with van der Waals surface area (Å²) in [5.41, 5.74) is 5.76. The van der Waals surface area contributed by atoms with Crippen LogP contribution in [0.1, 0.15) is 5.56 Å². The number of nitrogens with zero attached hydrogens (tertiary/aromatic N) is 1. The van der Waals surface area contributed by atoms with Crippen molar-refractivity contribution in [2.45, 2.75) is 17.4 Å². The molecule has 10 heteroatoms. The first-order valence-corrected chi connectivity index (χ1v) is 10.6. The van der Waals surface area contributed by atoms with Crippen LogP contribution in [-0.4, -0.2) is 46.2 Å². The van der Waals surface area contributed by atoms with E-state index in [1.807, 2.05) is 0 Å². The topological polar surface area (TPSA) is 127 Å². The molecule has 1 heterocycles. The summed E-state index contributed by atoms with van der Waals surface area (Å²) in [4.78, 5) is 11.0. The van der Waals surface area contributed by atoms with Crippen molar-refractivity contribution in [1.82, 2.24) is 9.03 Å². The van der Waals surface area contributed by atoms with Gasteiger partial charge < -0.3 is 5.73 Å². The number of rotatable bonds is 7. The Kier molecular flexibility index (Phi) is 4.48. The van der Waals surface area contributed by atoms with E-state index in [2.05, 4.69) is 11.3 Å². The molecule has 1 saturated carbocycles. The minimum Gasteiger partial charge on any atom is -0.369 e. The van der Waals surface area contributed by atoms with E-state index in [0.29, 0.717) is 5.56 Å². The number of primary amides is 1. The lowest BCUT2D eigenvalue weighted by Gasteiger charge is -2.20. The SMILES string of the molecule is C=CS(=O)(=O)NC1C2CN(S(=O)(=O)c3ccc(CC(N)=O)cc3)CC21. The summed E-state index contributed by atoms with van der Waals surface area (Å²) in [5.74, 6) is -0.513. The number of piperidine rings is 1. The van der Waals surface area contributed by atoms with E-state index in [9.17, 15) is 21.6 Å². The van der Waals surface area contributed by atoms with Gasteiger partial charge in [-0.15, -0.1) is 0 Å². The molecule has 2 fully saturated rings. The monoisotopic (exact) mass is 385 g/mol. The predicted octanol–water partition coefficient (Wildman–Crippen LogP) is -0.604. The van der Waals surface area contributed by atoms with Crippen molar-refractivity contribution < 1.29 is 21.6 Å². The summed E-state index contributed by atoms with van der Waals surface area (Å²) in [6.45, 7) is 3.80. The van der Waals surface area contributed by atoms with Crippen LogP contribution in [0.25, 0.3) is 0 Å². The van der Waals surface area contributed by atoms with Gasteiger partial charge in [-0.2, -0.15) is 4.31 Å². The van der Waals surface area contributed by atoms with E-state index in [4.69, 9.17) is 5.73 Å². The smallest absolute Gasteiger partial charge is 0.243 e. The second-order valence-corrected chi connectivity index (χ2v) is 9.89. The number of benzene rings is 1. The van der Waals surface area contributed by atoms with Gasteiger partial charge in [0.2, 0.25) is 26.0 Å². The van der Waals surface area contributed by atoms with Crippen LogP contribution in [0.3, 0.4) is 0 Å². The highest BCUT2D eigenvalue weighted by molar-refractivity contribution is 7.92. The molecule has 1 aromatic carbocycles. The van der Waals surface area contributed by atoms with Gasteiger partial charge in [-0.05, 0) is 29.5 Å². The van der Waals surface area contributed by atoms with Crippen LogP contribution in [0.2, 0.25) is 0 Å². The maximum Gasteiger partial charge on any atom is 0.243 e. The van der Waals surface area contributed by atoms with Gasteiger partial charge in [-0.1, -0.05) is 18.7 Å². The fraction of sp³-hybridized carbons (Fsp3) is 0.400. The first-order chi connectivity index (χ1) is 11.6. The first-order valence-electron chi connectivity index (χ1n) is 7.66. The minimum atomic E-state index is -3.64. The molecule has 1 aromatic rings. The second kappa shape index (κ2) is 6.20. The Bertz CT molecular complexity index is 897. The Hall–Kier alpha value is -1.75. The third kappa shape index (κ3) is 3.61. The summed E-state index contributed by atoms with van der Waals surface area (Å²) in [6.07, 6.45) is 0.0549. The summed E-state index contributed by atoms with van der Waals surface area (Å²) in [6, 6.07) is 5.81. The van der Waals surface area contributed by atoms with Gasteiger partial charge in [-0.25, -0.2) is 21.6 Å². The van der Waals surface area contributed by atoms with Crippen LogP contribution in [0.5, 0.6) is 0 Å². The van der Waals surface area contributed by atoms with Crippen molar-refractivity contribution in [3.8, 4) is 0 Å². The normalized spacial score (nSPS) is 26.2. The number of nitrogens with one attached hydrogen (secondary N) is 1. The van der Waals surface area contributed by atoms with E-state index >= 15 is 0 Å². The van der Waals surface area contributed by atoms with Crippen LogP contribution in [0.15, 0.2) is 41.1 Å². The maximum atomic E-state index is 12.7. The molecule has 1 amide bonds. The third-order valence-electron chi connectivity index (χ3n) is 4.62. The largest absolute Gasteiger partial charge is 0.369 e. The molecule has 1 aliphatic heterocycles. The van der Waals surface area contributed by atoms with E-state index in [1.165, 1.54) is 16.4 Å². The summed E-state index contributed by atoms with van der Waals surface area (Å²) < 4.78 is 52.2. The van der Waals surface area contributed by atoms with Gasteiger partial charge in [-0.3, -0.25) is 4.79 Å². The zero-order valence-electron chi connectivity index (χ0n) is 13.3. The Morgan fingerprint density at radius 2 is 1.76 bits per heavy atom. The lowest BCUT2D eigenvalue weighted by Crippen LogP contribution is -2.36. The van der Waals surface area contributed by atoms with Crippen LogP contribution < -0.4 is 10.5 Å². The standard InChI is InChI=1S/C15H19N3O5S2/c1-2-24(20,21)17-15-12-8-18(9-13(12)15)25(22,23)11-5-3-10(4-6-11)7-14(16)19/h2-6,12-13,15,17H,1,7-9H2,(H2,16,19). The van der Waals surface area contributed by atoms with Crippen molar-refractivity contribution in [2.24, 2.45) is 17.6 Å². The average molecular weight is 385 g/mol. The molecule has 3 N–H and O–H groups in total. The number of hydrogen-bond donors (Lipinski definition) is 2. The van der Waals surface area contributed by atoms with Crippen LogP contribution >= 0.6 is 0 Å². The second-order valence-electron chi connectivity index (χ2n) is 6.29. The van der Waals surface area contributed by atoms with Crippen molar-refractivity contribution in [3.05, 3.63) is 41.8 Å². The molecular weight excluding hydrogens is 366 g/mol. The fourth-order valence-electron chi connectivity index (χ4n) is 3.23. The van der Waals surface area contributed by atoms with Crippen LogP contribution in [0.4, 0.5) is 0 Å². The number of carbonyl (C=O) groups excluding carboxylic acids is 1. The Morgan fingerprint density at radius 3 is 2.24 bits per heavy atom. The number of carbonyl (C=O) groups is 1. The van der Waals surface area contributed by atoms with Crippen molar-refractivity contribution >= 4 is 26.0 Å². The van der Waals surface area contributed by atoms with Crippen LogP contribution in [0, 0.1) is 11.8 Å². The highest BCUT2D eigenvalue weighted by Gasteiger charge is 2.59. The average Bonchev–Trinajstić information content (AvgIpc) is 2.96. The quantitative estimate of drug-likeness (QED) is 0.648. The highest BCUT2D eigenvalue weighted by atomic mass is 32.2. The number of fused-ring (bicyclic) bond motifs is 1. The number of sulfonamides is 2. The molecule has 3 rings (SSSR count). The maximum absolute atomic E-state index is 12.7. The molecule has 0 bridgehead atoms. The lowest BCUT2D eigenvalue weighted by atomic mass is 10.1. The molecule has 0 radical (unpaired) electrons. The van der Waals surface area contributed by atoms with E-state index in [0.717, 1.165) is 5.41 Å². The van der Waals surface area contributed by atoms with Crippen molar-refractivity contribution in [3.63, 3.8) is 0 Å². The van der Waals surface area contributed by atoms with Gasteiger partial charge in [0, 0.05) is 24.5 Å². The molecular formula is C15H19N3O5S2. The minimum absolute atomic E-state index is 0.0152. The number of amides is 1. The molecule has 136 valence electrons. The highest BCUT2D eigenvalue weighted by Crippen LogP contribution is 2.47. The van der Waals surface area contributed by atoms with Gasteiger partial charge in [0.1, 0.15) is 0 Å². The zero-order valence-corrected chi connectivity index (χ0v) is 15.0. The molecule has 0 spiro atoms. The van der Waals surface area contributed by atoms with E-state index in [-0.39, 0.29) is 42.3 Å². The molecule has 25 heavy (non-hydrogen) atoms. The molecule has 2 atom stereocenters. The van der Waals surface area contributed by atoms with E-state index < -0.39 is 26.0 Å². The molecule has 1 saturated heterocycles. The van der Waals surface area contributed by atoms with E-state index in [1.54, 1.807) is 12.1 Å². The summed E-state index contributed by atoms with van der Waals surface area (Å²) >= 11 is 0. The lowest BCUT2D eigenvalue weighted by molar-refractivity contribution is -0.117. The molecule has 2 unspecified atom stereocenters. The first kappa shape index (κ1) is 18.1. The molecule has 2 aliphatic rings. The van der Waals surface area contributed by atoms with Gasteiger partial charge in [0.15, 0.2) is 0 Å². The zero-order chi connectivity index (χ0) is 18.4. The predicted molar refractivity (Wildman–Crippen MR) is 91.1 cm³/mol. The van der Waals surface area contributed by atoms with Gasteiger partial charge >= 0.3 is 0 Å². The summed E-state index contributed by atoms with van der Waals surface area (Å²) in [5, 5.41) is 0.850. The van der Waals surface area contributed by atoms with Gasteiger partial charge in [0.05, 0.1) is 11.3 Å². The molecule has 8 nitrogen and oxygen atoms in total. The summed E-state index contributed by atoms with van der Waals surface area (Å²) in [7, 11) is -7.15. The third-order valence-corrected chi connectivity index (χ3v) is 7.51. The molecule has 1 aliphatic carbocycles. The fourth-order valence-corrected chi connectivity index (χ4v) is 5.57. The van der Waals surface area contributed by atoms with Gasteiger partial charge in [0.25, 0.3) is 0 Å². The van der Waals surface area contributed by atoms with Crippen molar-refractivity contribution in [1.29, 1.82) is 0 Å². The van der Waals surface area contributed by atoms with Crippen molar-refractivity contribution in [2.75, 3.05) is 13.1 Å². The number of nitrogens with two attached hydrogens (primary N) is 1.